The fraction of sp³-hybridized carbons (Fsp3) is 0.182. The van der Waals surface area contributed by atoms with E-state index in [-0.39, 0.29) is 0 Å². The molecule has 1 unspecified atom stereocenters. The quantitative estimate of drug-likeness (QED) is 0.760. The van der Waals surface area contributed by atoms with E-state index >= 15 is 0 Å². The van der Waals surface area contributed by atoms with Gasteiger partial charge in [-0.25, -0.2) is 0 Å². The summed E-state index contributed by atoms with van der Waals surface area (Å²) in [6.45, 7) is 2.97. The van der Waals surface area contributed by atoms with Crippen LogP contribution in [-0.4, -0.2) is 18.2 Å². The SMILES string of the molecule is Oc1ccc2ccccc2c1C[NH+]1CC=C(c2ccccc2)CC1. The van der Waals surface area contributed by atoms with Gasteiger partial charge in [0.05, 0.1) is 18.7 Å². The van der Waals surface area contributed by atoms with Crippen LogP contribution in [0.15, 0.2) is 72.8 Å². The highest BCUT2D eigenvalue weighted by Crippen LogP contribution is 2.26. The van der Waals surface area contributed by atoms with Gasteiger partial charge in [0.1, 0.15) is 12.3 Å². The van der Waals surface area contributed by atoms with Gasteiger partial charge in [-0.3, -0.25) is 0 Å². The highest BCUT2D eigenvalue weighted by molar-refractivity contribution is 5.87. The van der Waals surface area contributed by atoms with Gasteiger partial charge in [-0.1, -0.05) is 60.7 Å². The minimum absolute atomic E-state index is 0.416. The lowest BCUT2D eigenvalue weighted by Gasteiger charge is -2.24. The van der Waals surface area contributed by atoms with Crippen LogP contribution in [0, 0.1) is 0 Å². The van der Waals surface area contributed by atoms with Crippen LogP contribution in [0.4, 0.5) is 0 Å². The first-order valence-corrected chi connectivity index (χ1v) is 8.59. The number of phenols is 1. The number of rotatable bonds is 3. The zero-order chi connectivity index (χ0) is 16.4. The molecule has 1 atom stereocenters. The maximum absolute atomic E-state index is 10.3. The predicted molar refractivity (Wildman–Crippen MR) is 99.0 cm³/mol. The van der Waals surface area contributed by atoms with Crippen LogP contribution in [-0.2, 0) is 6.54 Å². The molecule has 2 N–H and O–H groups in total. The number of aromatic hydroxyl groups is 1. The van der Waals surface area contributed by atoms with Gasteiger partial charge in [0, 0.05) is 6.42 Å². The molecule has 2 heteroatoms. The maximum atomic E-state index is 10.3. The summed E-state index contributed by atoms with van der Waals surface area (Å²) in [5.74, 6) is 0.416. The van der Waals surface area contributed by atoms with Crippen molar-refractivity contribution in [3.63, 3.8) is 0 Å². The Hall–Kier alpha value is -2.58. The van der Waals surface area contributed by atoms with Gasteiger partial charge in [0.25, 0.3) is 0 Å². The van der Waals surface area contributed by atoms with Crippen molar-refractivity contribution in [2.45, 2.75) is 13.0 Å². The molecule has 0 aliphatic carbocycles. The smallest absolute Gasteiger partial charge is 0.125 e. The largest absolute Gasteiger partial charge is 0.507 e. The minimum Gasteiger partial charge on any atom is -0.507 e. The van der Waals surface area contributed by atoms with E-state index < -0.39 is 0 Å². The molecule has 4 rings (SSSR count). The molecule has 24 heavy (non-hydrogen) atoms. The van der Waals surface area contributed by atoms with E-state index in [1.807, 2.05) is 24.3 Å². The van der Waals surface area contributed by atoms with E-state index in [9.17, 15) is 5.11 Å². The molecule has 3 aromatic carbocycles. The predicted octanol–water partition coefficient (Wildman–Crippen LogP) is 3.42. The average molecular weight is 316 g/mol. The molecule has 0 radical (unpaired) electrons. The van der Waals surface area contributed by atoms with Crippen molar-refractivity contribution in [2.24, 2.45) is 0 Å². The van der Waals surface area contributed by atoms with Crippen LogP contribution >= 0.6 is 0 Å². The number of benzene rings is 3. The number of fused-ring (bicyclic) bond motifs is 1. The number of quaternary nitrogens is 1. The number of phenolic OH excluding ortho intramolecular Hbond substituents is 1. The summed E-state index contributed by atoms with van der Waals surface area (Å²) < 4.78 is 0. The normalized spacial score (nSPS) is 17.7. The van der Waals surface area contributed by atoms with Gasteiger partial charge >= 0.3 is 0 Å². The monoisotopic (exact) mass is 316 g/mol. The first-order valence-electron chi connectivity index (χ1n) is 8.59. The molecule has 0 amide bonds. The summed E-state index contributed by atoms with van der Waals surface area (Å²) in [7, 11) is 0. The minimum atomic E-state index is 0.416. The molecule has 2 nitrogen and oxygen atoms in total. The van der Waals surface area contributed by atoms with Crippen LogP contribution in [0.25, 0.3) is 16.3 Å². The molecule has 1 aliphatic rings. The lowest BCUT2D eigenvalue weighted by molar-refractivity contribution is -0.908. The summed E-state index contributed by atoms with van der Waals surface area (Å²) in [5.41, 5.74) is 3.85. The Kier molecular flexibility index (Phi) is 4.06. The Morgan fingerprint density at radius 1 is 0.875 bits per heavy atom. The van der Waals surface area contributed by atoms with Crippen LogP contribution in [0.3, 0.4) is 0 Å². The topological polar surface area (TPSA) is 24.7 Å². The third kappa shape index (κ3) is 2.93. The summed E-state index contributed by atoms with van der Waals surface area (Å²) in [6, 6.07) is 22.8. The fourth-order valence-electron chi connectivity index (χ4n) is 3.62. The zero-order valence-corrected chi connectivity index (χ0v) is 13.7. The van der Waals surface area contributed by atoms with Gasteiger partial charge < -0.3 is 10.0 Å². The Balaban J connectivity index is 1.56. The summed E-state index contributed by atoms with van der Waals surface area (Å²) in [5, 5.41) is 12.7. The van der Waals surface area contributed by atoms with Crippen molar-refractivity contribution in [3.05, 3.63) is 83.9 Å². The molecule has 0 fully saturated rings. The van der Waals surface area contributed by atoms with Crippen molar-refractivity contribution >= 4 is 16.3 Å². The van der Waals surface area contributed by atoms with E-state index in [0.29, 0.717) is 5.75 Å². The highest BCUT2D eigenvalue weighted by Gasteiger charge is 2.19. The van der Waals surface area contributed by atoms with Crippen LogP contribution < -0.4 is 4.90 Å². The van der Waals surface area contributed by atoms with E-state index in [2.05, 4.69) is 48.5 Å². The molecule has 0 saturated carbocycles. The first kappa shape index (κ1) is 15.0. The molecule has 0 aromatic heterocycles. The molecule has 0 bridgehead atoms. The van der Waals surface area contributed by atoms with E-state index in [0.717, 1.165) is 31.6 Å². The Labute approximate surface area is 142 Å². The molecule has 0 spiro atoms. The third-order valence-electron chi connectivity index (χ3n) is 4.97. The van der Waals surface area contributed by atoms with Crippen molar-refractivity contribution in [1.82, 2.24) is 0 Å². The summed E-state index contributed by atoms with van der Waals surface area (Å²) in [4.78, 5) is 1.50. The third-order valence-corrected chi connectivity index (χ3v) is 4.97. The van der Waals surface area contributed by atoms with Gasteiger partial charge in [-0.05, 0) is 34.1 Å². The Morgan fingerprint density at radius 3 is 2.46 bits per heavy atom. The second kappa shape index (κ2) is 6.50. The molecular formula is C22H22NO+. The van der Waals surface area contributed by atoms with Crippen molar-refractivity contribution in [2.75, 3.05) is 13.1 Å². The highest BCUT2D eigenvalue weighted by atomic mass is 16.3. The molecule has 3 aromatic rings. The molecular weight excluding hydrogens is 294 g/mol. The molecule has 1 heterocycles. The average Bonchev–Trinajstić information content (AvgIpc) is 2.65. The van der Waals surface area contributed by atoms with E-state index in [4.69, 9.17) is 0 Å². The summed E-state index contributed by atoms with van der Waals surface area (Å²) in [6.07, 6.45) is 3.45. The van der Waals surface area contributed by atoms with Crippen LogP contribution in [0.2, 0.25) is 0 Å². The maximum Gasteiger partial charge on any atom is 0.125 e. The van der Waals surface area contributed by atoms with Gasteiger partial charge in [0.15, 0.2) is 0 Å². The lowest BCUT2D eigenvalue weighted by Crippen LogP contribution is -3.11. The Morgan fingerprint density at radius 2 is 1.67 bits per heavy atom. The standard InChI is InChI=1S/C22H21NO/c24-22-11-10-19-8-4-5-9-20(19)21(22)16-23-14-12-18(13-15-23)17-6-2-1-3-7-17/h1-12,24H,13-16H2/p+1. The number of nitrogens with one attached hydrogen (secondary N) is 1. The van der Waals surface area contributed by atoms with Gasteiger partial charge in [0.2, 0.25) is 0 Å². The van der Waals surface area contributed by atoms with Crippen LogP contribution in [0.5, 0.6) is 5.75 Å². The first-order chi connectivity index (χ1) is 11.8. The van der Waals surface area contributed by atoms with Crippen LogP contribution in [0.1, 0.15) is 17.5 Å². The second-order valence-corrected chi connectivity index (χ2v) is 6.51. The fourth-order valence-corrected chi connectivity index (χ4v) is 3.62. The second-order valence-electron chi connectivity index (χ2n) is 6.51. The van der Waals surface area contributed by atoms with E-state index in [1.54, 1.807) is 0 Å². The zero-order valence-electron chi connectivity index (χ0n) is 13.7. The summed E-state index contributed by atoms with van der Waals surface area (Å²) >= 11 is 0. The van der Waals surface area contributed by atoms with Crippen molar-refractivity contribution in [3.8, 4) is 5.75 Å². The van der Waals surface area contributed by atoms with Gasteiger partial charge in [-0.15, -0.1) is 0 Å². The lowest BCUT2D eigenvalue weighted by atomic mass is 9.98. The molecule has 0 saturated heterocycles. The van der Waals surface area contributed by atoms with Crippen molar-refractivity contribution < 1.29 is 10.0 Å². The molecule has 120 valence electrons. The van der Waals surface area contributed by atoms with Gasteiger partial charge in [-0.2, -0.15) is 0 Å². The number of hydrogen-bond donors (Lipinski definition) is 2. The number of hydrogen-bond acceptors (Lipinski definition) is 1. The van der Waals surface area contributed by atoms with Crippen molar-refractivity contribution in [1.29, 1.82) is 0 Å². The Bertz CT molecular complexity index is 883. The molecule has 1 aliphatic heterocycles. The van der Waals surface area contributed by atoms with E-state index in [1.165, 1.54) is 26.8 Å².